The van der Waals surface area contributed by atoms with Crippen LogP contribution in [0.4, 0.5) is 0 Å². The van der Waals surface area contributed by atoms with Gasteiger partial charge in [0.25, 0.3) is 0 Å². The van der Waals surface area contributed by atoms with Crippen LogP contribution in [0.2, 0.25) is 0 Å². The van der Waals surface area contributed by atoms with Gasteiger partial charge in [0, 0.05) is 19.3 Å². The molecule has 0 aliphatic rings. The molecule has 0 aliphatic heterocycles. The molecule has 0 heterocycles. The highest BCUT2D eigenvalue weighted by molar-refractivity contribution is 4.86. The van der Waals surface area contributed by atoms with Crippen molar-refractivity contribution in [3.63, 3.8) is 0 Å². The lowest BCUT2D eigenvalue weighted by atomic mass is 9.85. The molecule has 0 saturated heterocycles. The zero-order valence-corrected chi connectivity index (χ0v) is 7.63. The van der Waals surface area contributed by atoms with Gasteiger partial charge < -0.3 is 15.6 Å². The Kier molecular flexibility index (Phi) is 4.65. The fourth-order valence-electron chi connectivity index (χ4n) is 1.00. The van der Waals surface area contributed by atoms with Crippen molar-refractivity contribution in [3.05, 3.63) is 0 Å². The normalized spacial score (nSPS) is 16.9. The minimum absolute atomic E-state index is 0.123. The Hall–Kier alpha value is -0.120. The fourth-order valence-corrected chi connectivity index (χ4v) is 1.00. The summed E-state index contributed by atoms with van der Waals surface area (Å²) in [5.41, 5.74) is 5.61. The summed E-state index contributed by atoms with van der Waals surface area (Å²) in [5.74, 6) is 0.328. The van der Waals surface area contributed by atoms with Crippen LogP contribution in [0.5, 0.6) is 0 Å². The highest BCUT2D eigenvalue weighted by Gasteiger charge is 2.27. The van der Waals surface area contributed by atoms with Crippen LogP contribution in [-0.4, -0.2) is 31.0 Å². The van der Waals surface area contributed by atoms with Crippen LogP contribution < -0.4 is 5.73 Å². The Morgan fingerprint density at radius 3 is 2.36 bits per heavy atom. The number of ether oxygens (including phenoxy) is 1. The van der Waals surface area contributed by atoms with Crippen LogP contribution in [0, 0.1) is 5.92 Å². The molecule has 0 radical (unpaired) electrons. The summed E-state index contributed by atoms with van der Waals surface area (Å²) in [7, 11) is 1.63. The van der Waals surface area contributed by atoms with E-state index in [-0.39, 0.29) is 12.1 Å². The SMILES string of the molecule is COCC(N)(CCO)C(C)C. The maximum Gasteiger partial charge on any atom is 0.0645 e. The van der Waals surface area contributed by atoms with Gasteiger partial charge in [0.2, 0.25) is 0 Å². The molecule has 0 bridgehead atoms. The molecule has 0 amide bonds. The molecule has 0 aromatic rings. The van der Waals surface area contributed by atoms with Crippen molar-refractivity contribution in [2.45, 2.75) is 25.8 Å². The molecule has 0 rings (SSSR count). The second-order valence-corrected chi connectivity index (χ2v) is 3.29. The molecule has 1 unspecified atom stereocenters. The maximum atomic E-state index is 8.74. The van der Waals surface area contributed by atoms with E-state index >= 15 is 0 Å². The van der Waals surface area contributed by atoms with E-state index in [1.807, 2.05) is 13.8 Å². The van der Waals surface area contributed by atoms with Crippen molar-refractivity contribution in [3.8, 4) is 0 Å². The lowest BCUT2D eigenvalue weighted by molar-refractivity contribution is 0.0842. The van der Waals surface area contributed by atoms with Crippen LogP contribution >= 0.6 is 0 Å². The van der Waals surface area contributed by atoms with Crippen molar-refractivity contribution >= 4 is 0 Å². The van der Waals surface area contributed by atoms with Gasteiger partial charge in [-0.3, -0.25) is 0 Å². The third-order valence-electron chi connectivity index (χ3n) is 2.14. The number of nitrogens with two attached hydrogens (primary N) is 1. The Balaban J connectivity index is 4.01. The summed E-state index contributed by atoms with van der Waals surface area (Å²) < 4.78 is 4.98. The minimum Gasteiger partial charge on any atom is -0.396 e. The Morgan fingerprint density at radius 2 is 2.09 bits per heavy atom. The number of rotatable bonds is 5. The summed E-state index contributed by atoms with van der Waals surface area (Å²) in [6.07, 6.45) is 0.596. The van der Waals surface area contributed by atoms with Crippen LogP contribution in [0.25, 0.3) is 0 Å². The Bertz CT molecular complexity index is 98.3. The van der Waals surface area contributed by atoms with E-state index in [4.69, 9.17) is 15.6 Å². The second-order valence-electron chi connectivity index (χ2n) is 3.29. The summed E-state index contributed by atoms with van der Waals surface area (Å²) in [5, 5.41) is 8.74. The van der Waals surface area contributed by atoms with E-state index in [1.54, 1.807) is 7.11 Å². The third kappa shape index (κ3) is 3.18. The number of hydrogen-bond acceptors (Lipinski definition) is 3. The monoisotopic (exact) mass is 161 g/mol. The molecule has 3 heteroatoms. The molecule has 3 N–H and O–H groups in total. The molecule has 0 aromatic heterocycles. The molecule has 0 aliphatic carbocycles. The van der Waals surface area contributed by atoms with E-state index in [0.717, 1.165) is 0 Å². The average molecular weight is 161 g/mol. The topological polar surface area (TPSA) is 55.5 Å². The van der Waals surface area contributed by atoms with Crippen molar-refractivity contribution in [2.75, 3.05) is 20.3 Å². The smallest absolute Gasteiger partial charge is 0.0645 e. The first-order chi connectivity index (χ1) is 5.06. The predicted molar refractivity (Wildman–Crippen MR) is 45.3 cm³/mol. The minimum atomic E-state index is -0.372. The van der Waals surface area contributed by atoms with Gasteiger partial charge in [-0.25, -0.2) is 0 Å². The molecule has 0 fully saturated rings. The van der Waals surface area contributed by atoms with Gasteiger partial charge >= 0.3 is 0 Å². The summed E-state index contributed by atoms with van der Waals surface area (Å²) in [6, 6.07) is 0. The van der Waals surface area contributed by atoms with E-state index < -0.39 is 0 Å². The summed E-state index contributed by atoms with van der Waals surface area (Å²) >= 11 is 0. The van der Waals surface area contributed by atoms with Gasteiger partial charge in [-0.15, -0.1) is 0 Å². The van der Waals surface area contributed by atoms with Gasteiger partial charge in [0.15, 0.2) is 0 Å². The van der Waals surface area contributed by atoms with Gasteiger partial charge in [0.1, 0.15) is 0 Å². The molecular weight excluding hydrogens is 142 g/mol. The molecular formula is C8H19NO2. The van der Waals surface area contributed by atoms with Crippen molar-refractivity contribution < 1.29 is 9.84 Å². The molecule has 0 spiro atoms. The lowest BCUT2D eigenvalue weighted by Crippen LogP contribution is -2.49. The highest BCUT2D eigenvalue weighted by atomic mass is 16.5. The van der Waals surface area contributed by atoms with E-state index in [2.05, 4.69) is 0 Å². The Labute approximate surface area is 68.5 Å². The molecule has 0 saturated carbocycles. The molecule has 11 heavy (non-hydrogen) atoms. The number of methoxy groups -OCH3 is 1. The van der Waals surface area contributed by atoms with Crippen LogP contribution in [-0.2, 0) is 4.74 Å². The van der Waals surface area contributed by atoms with Crippen LogP contribution in [0.15, 0.2) is 0 Å². The second kappa shape index (κ2) is 4.70. The van der Waals surface area contributed by atoms with Gasteiger partial charge in [0.05, 0.1) is 6.61 Å². The van der Waals surface area contributed by atoms with Crippen molar-refractivity contribution in [1.29, 1.82) is 0 Å². The Morgan fingerprint density at radius 1 is 1.55 bits per heavy atom. The number of aliphatic hydroxyl groups is 1. The molecule has 0 aromatic carbocycles. The van der Waals surface area contributed by atoms with Crippen molar-refractivity contribution in [2.24, 2.45) is 11.7 Å². The number of aliphatic hydroxyl groups excluding tert-OH is 1. The zero-order chi connectivity index (χ0) is 8.91. The van der Waals surface area contributed by atoms with E-state index in [9.17, 15) is 0 Å². The quantitative estimate of drug-likeness (QED) is 0.612. The van der Waals surface area contributed by atoms with Crippen molar-refractivity contribution in [1.82, 2.24) is 0 Å². The first kappa shape index (κ1) is 10.9. The molecule has 68 valence electrons. The summed E-state index contributed by atoms with van der Waals surface area (Å²) in [4.78, 5) is 0. The summed E-state index contributed by atoms with van der Waals surface area (Å²) in [6.45, 7) is 4.70. The lowest BCUT2D eigenvalue weighted by Gasteiger charge is -2.32. The average Bonchev–Trinajstić information content (AvgIpc) is 1.88. The van der Waals surface area contributed by atoms with Gasteiger partial charge in [-0.1, -0.05) is 13.8 Å². The van der Waals surface area contributed by atoms with Crippen LogP contribution in [0.1, 0.15) is 20.3 Å². The number of hydrogen-bond donors (Lipinski definition) is 2. The van der Waals surface area contributed by atoms with E-state index in [1.165, 1.54) is 0 Å². The van der Waals surface area contributed by atoms with Gasteiger partial charge in [-0.05, 0) is 12.3 Å². The zero-order valence-electron chi connectivity index (χ0n) is 7.63. The van der Waals surface area contributed by atoms with Gasteiger partial charge in [-0.2, -0.15) is 0 Å². The first-order valence-corrected chi connectivity index (χ1v) is 3.95. The van der Waals surface area contributed by atoms with Crippen LogP contribution in [0.3, 0.4) is 0 Å². The largest absolute Gasteiger partial charge is 0.396 e. The highest BCUT2D eigenvalue weighted by Crippen LogP contribution is 2.17. The third-order valence-corrected chi connectivity index (χ3v) is 2.14. The standard InChI is InChI=1S/C8H19NO2/c1-7(2)8(9,4-5-10)6-11-3/h7,10H,4-6,9H2,1-3H3. The molecule has 1 atom stereocenters. The molecule has 3 nitrogen and oxygen atoms in total. The maximum absolute atomic E-state index is 8.74. The van der Waals surface area contributed by atoms with E-state index in [0.29, 0.717) is 18.9 Å². The fraction of sp³-hybridized carbons (Fsp3) is 1.00. The predicted octanol–water partition coefficient (Wildman–Crippen LogP) is 0.369. The first-order valence-electron chi connectivity index (χ1n) is 3.95.